The molecule has 0 bridgehead atoms. The van der Waals surface area contributed by atoms with Crippen molar-refractivity contribution in [3.8, 4) is 5.75 Å². The van der Waals surface area contributed by atoms with Crippen molar-refractivity contribution in [3.63, 3.8) is 0 Å². The molecule has 1 saturated heterocycles. The van der Waals surface area contributed by atoms with Gasteiger partial charge < -0.3 is 14.2 Å². The molecule has 4 nitrogen and oxygen atoms in total. The molecular formula is C22H24O4. The lowest BCUT2D eigenvalue weighted by molar-refractivity contribution is -0.153. The van der Waals surface area contributed by atoms with Gasteiger partial charge in [-0.15, -0.1) is 0 Å². The van der Waals surface area contributed by atoms with Gasteiger partial charge in [0.1, 0.15) is 18.0 Å². The average Bonchev–Trinajstić information content (AvgIpc) is 3.50. The number of benzene rings is 2. The van der Waals surface area contributed by atoms with Crippen LogP contribution >= 0.6 is 0 Å². The van der Waals surface area contributed by atoms with Crippen LogP contribution in [0.2, 0.25) is 0 Å². The van der Waals surface area contributed by atoms with E-state index >= 15 is 0 Å². The molecule has 2 aromatic rings. The average molecular weight is 352 g/mol. The van der Waals surface area contributed by atoms with Crippen molar-refractivity contribution in [2.75, 3.05) is 7.11 Å². The summed E-state index contributed by atoms with van der Waals surface area (Å²) in [5.41, 5.74) is 2.24. The van der Waals surface area contributed by atoms with E-state index in [-0.39, 0.29) is 24.1 Å². The van der Waals surface area contributed by atoms with Crippen molar-refractivity contribution in [2.24, 2.45) is 0 Å². The quantitative estimate of drug-likeness (QED) is 0.591. The third-order valence-electron chi connectivity index (χ3n) is 5.37. The van der Waals surface area contributed by atoms with Gasteiger partial charge in [-0.3, -0.25) is 0 Å². The summed E-state index contributed by atoms with van der Waals surface area (Å²) in [6, 6.07) is 18.0. The minimum atomic E-state index is -0.484. The second kappa shape index (κ2) is 7.50. The van der Waals surface area contributed by atoms with Crippen LogP contribution in [-0.4, -0.2) is 25.3 Å². The molecule has 4 rings (SSSR count). The maximum atomic E-state index is 12.6. The molecule has 4 atom stereocenters. The molecule has 4 heteroatoms. The van der Waals surface area contributed by atoms with Crippen LogP contribution in [0.4, 0.5) is 0 Å². The van der Waals surface area contributed by atoms with E-state index in [0.717, 1.165) is 30.6 Å². The molecule has 0 spiro atoms. The number of epoxide rings is 1. The SMILES string of the molecule is COc1ccc([C@H]2O[C@H]2C(=O)O[C@@H]2CCCC[C@H]2c2ccccc2)cc1. The highest BCUT2D eigenvalue weighted by atomic mass is 16.6. The number of carbonyl (C=O) groups excluding carboxylic acids is 1. The number of carbonyl (C=O) groups is 1. The summed E-state index contributed by atoms with van der Waals surface area (Å²) in [5.74, 6) is 0.840. The number of hydrogen-bond donors (Lipinski definition) is 0. The molecular weight excluding hydrogens is 328 g/mol. The van der Waals surface area contributed by atoms with Crippen LogP contribution in [0.25, 0.3) is 0 Å². The van der Waals surface area contributed by atoms with Crippen molar-refractivity contribution in [1.82, 2.24) is 0 Å². The molecule has 0 unspecified atom stereocenters. The standard InChI is InChI=1S/C22H24O4/c1-24-17-13-11-16(12-14-17)20-21(26-20)22(23)25-19-10-6-5-9-18(19)15-7-3-2-4-8-15/h2-4,7-8,11-14,18-21H,5-6,9-10H2,1H3/t18-,19+,20+,21+/m0/s1. The highest BCUT2D eigenvalue weighted by Crippen LogP contribution is 2.42. The fourth-order valence-electron chi connectivity index (χ4n) is 3.87. The topological polar surface area (TPSA) is 48.1 Å². The lowest BCUT2D eigenvalue weighted by atomic mass is 9.81. The maximum Gasteiger partial charge on any atom is 0.338 e. The summed E-state index contributed by atoms with van der Waals surface area (Å²) < 4.78 is 16.7. The molecule has 0 N–H and O–H groups in total. The molecule has 0 radical (unpaired) electrons. The van der Waals surface area contributed by atoms with Gasteiger partial charge >= 0.3 is 5.97 Å². The van der Waals surface area contributed by atoms with E-state index < -0.39 is 6.10 Å². The summed E-state index contributed by atoms with van der Waals surface area (Å²) in [6.45, 7) is 0. The lowest BCUT2D eigenvalue weighted by Crippen LogP contribution is -2.30. The van der Waals surface area contributed by atoms with Crippen LogP contribution in [0.1, 0.15) is 48.8 Å². The van der Waals surface area contributed by atoms with Crippen LogP contribution in [0.5, 0.6) is 5.75 Å². The zero-order valence-electron chi connectivity index (χ0n) is 15.0. The Kier molecular flexibility index (Phi) is 4.93. The first-order valence-electron chi connectivity index (χ1n) is 9.31. The zero-order chi connectivity index (χ0) is 17.9. The van der Waals surface area contributed by atoms with Gasteiger partial charge in [-0.1, -0.05) is 48.9 Å². The second-order valence-corrected chi connectivity index (χ2v) is 7.03. The Morgan fingerprint density at radius 2 is 1.69 bits per heavy atom. The Balaban J connectivity index is 1.39. The van der Waals surface area contributed by atoms with Crippen LogP contribution in [-0.2, 0) is 14.3 Å². The van der Waals surface area contributed by atoms with Gasteiger partial charge in [-0.25, -0.2) is 4.79 Å². The highest BCUT2D eigenvalue weighted by Gasteiger charge is 2.48. The Bertz CT molecular complexity index is 740. The van der Waals surface area contributed by atoms with Gasteiger partial charge in [0.15, 0.2) is 6.10 Å². The highest BCUT2D eigenvalue weighted by molar-refractivity contribution is 5.78. The third kappa shape index (κ3) is 3.61. The second-order valence-electron chi connectivity index (χ2n) is 7.03. The normalized spacial score (nSPS) is 27.6. The van der Waals surface area contributed by atoms with Gasteiger partial charge in [0.05, 0.1) is 7.11 Å². The first-order chi connectivity index (χ1) is 12.8. The molecule has 2 fully saturated rings. The van der Waals surface area contributed by atoms with E-state index in [1.54, 1.807) is 7.11 Å². The first kappa shape index (κ1) is 17.1. The van der Waals surface area contributed by atoms with Crippen LogP contribution in [0.3, 0.4) is 0 Å². The van der Waals surface area contributed by atoms with Crippen molar-refractivity contribution < 1.29 is 19.0 Å². The van der Waals surface area contributed by atoms with E-state index in [0.29, 0.717) is 0 Å². The fraction of sp³-hybridized carbons (Fsp3) is 0.409. The molecule has 1 heterocycles. The molecule has 2 aliphatic rings. The Hall–Kier alpha value is -2.33. The molecule has 1 saturated carbocycles. The minimum Gasteiger partial charge on any atom is -0.497 e. The van der Waals surface area contributed by atoms with E-state index in [1.165, 1.54) is 12.0 Å². The first-order valence-corrected chi connectivity index (χ1v) is 9.31. The fourth-order valence-corrected chi connectivity index (χ4v) is 3.87. The van der Waals surface area contributed by atoms with Gasteiger partial charge in [0, 0.05) is 5.92 Å². The summed E-state index contributed by atoms with van der Waals surface area (Å²) in [5, 5.41) is 0. The van der Waals surface area contributed by atoms with E-state index in [1.807, 2.05) is 42.5 Å². The predicted octanol–water partition coefficient (Wildman–Crippen LogP) is 4.40. The summed E-state index contributed by atoms with van der Waals surface area (Å²) in [6.07, 6.45) is 3.53. The Morgan fingerprint density at radius 3 is 2.42 bits per heavy atom. The minimum absolute atomic E-state index is 0.0561. The molecule has 26 heavy (non-hydrogen) atoms. The number of ether oxygens (including phenoxy) is 3. The van der Waals surface area contributed by atoms with Crippen molar-refractivity contribution in [2.45, 2.75) is 49.9 Å². The smallest absolute Gasteiger partial charge is 0.338 e. The van der Waals surface area contributed by atoms with E-state index in [4.69, 9.17) is 14.2 Å². The van der Waals surface area contributed by atoms with Crippen LogP contribution in [0, 0.1) is 0 Å². The monoisotopic (exact) mass is 352 g/mol. The number of methoxy groups -OCH3 is 1. The molecule has 1 aliphatic heterocycles. The van der Waals surface area contributed by atoms with Gasteiger partial charge in [-0.05, 0) is 42.5 Å². The van der Waals surface area contributed by atoms with Crippen LogP contribution < -0.4 is 4.74 Å². The zero-order valence-corrected chi connectivity index (χ0v) is 15.0. The molecule has 0 aromatic heterocycles. The van der Waals surface area contributed by atoms with E-state index in [2.05, 4.69) is 12.1 Å². The molecule has 2 aromatic carbocycles. The number of rotatable bonds is 5. The molecule has 1 aliphatic carbocycles. The third-order valence-corrected chi connectivity index (χ3v) is 5.37. The van der Waals surface area contributed by atoms with Crippen molar-refractivity contribution in [1.29, 1.82) is 0 Å². The van der Waals surface area contributed by atoms with Gasteiger partial charge in [0.25, 0.3) is 0 Å². The number of esters is 1. The Labute approximate surface area is 154 Å². The lowest BCUT2D eigenvalue weighted by Gasteiger charge is -2.31. The summed E-state index contributed by atoms with van der Waals surface area (Å²) in [7, 11) is 1.64. The van der Waals surface area contributed by atoms with Crippen molar-refractivity contribution in [3.05, 3.63) is 65.7 Å². The Morgan fingerprint density at radius 1 is 0.962 bits per heavy atom. The summed E-state index contributed by atoms with van der Waals surface area (Å²) in [4.78, 5) is 12.6. The van der Waals surface area contributed by atoms with Gasteiger partial charge in [-0.2, -0.15) is 0 Å². The molecule has 0 amide bonds. The van der Waals surface area contributed by atoms with E-state index in [9.17, 15) is 4.79 Å². The molecule has 136 valence electrons. The largest absolute Gasteiger partial charge is 0.497 e. The summed E-state index contributed by atoms with van der Waals surface area (Å²) >= 11 is 0. The van der Waals surface area contributed by atoms with Gasteiger partial charge in [0.2, 0.25) is 0 Å². The maximum absolute atomic E-state index is 12.6. The van der Waals surface area contributed by atoms with Crippen LogP contribution in [0.15, 0.2) is 54.6 Å². The van der Waals surface area contributed by atoms with Crippen molar-refractivity contribution >= 4 is 5.97 Å². The predicted molar refractivity (Wildman–Crippen MR) is 98.1 cm³/mol. The number of hydrogen-bond acceptors (Lipinski definition) is 4.